The van der Waals surface area contributed by atoms with E-state index in [1.54, 1.807) is 6.07 Å². The molecule has 3 N–H and O–H groups in total. The summed E-state index contributed by atoms with van der Waals surface area (Å²) in [6.07, 6.45) is 0. The first kappa shape index (κ1) is 15.9. The first-order valence-electron chi connectivity index (χ1n) is 6.05. The van der Waals surface area contributed by atoms with Gasteiger partial charge in [-0.25, -0.2) is 0 Å². The molecule has 0 aliphatic heterocycles. The molecule has 0 heterocycles. The lowest BCUT2D eigenvalue weighted by Gasteiger charge is -2.11. The topological polar surface area (TPSA) is 73.6 Å². The normalized spacial score (nSPS) is 10.5. The monoisotopic (exact) mass is 330 g/mol. The van der Waals surface area contributed by atoms with E-state index in [9.17, 15) is 4.79 Å². The van der Waals surface area contributed by atoms with Gasteiger partial charge in [-0.05, 0) is 31.5 Å². The lowest BCUT2D eigenvalue weighted by Crippen LogP contribution is -2.20. The van der Waals surface area contributed by atoms with E-state index in [4.69, 9.17) is 15.2 Å². The van der Waals surface area contributed by atoms with Crippen molar-refractivity contribution in [2.75, 3.05) is 37.5 Å². The van der Waals surface area contributed by atoms with Crippen molar-refractivity contribution in [3.05, 3.63) is 22.2 Å². The summed E-state index contributed by atoms with van der Waals surface area (Å²) in [5.74, 6) is -0.235. The highest BCUT2D eigenvalue weighted by Gasteiger charge is 2.08. The molecule has 0 unspecified atom stereocenters. The van der Waals surface area contributed by atoms with Gasteiger partial charge in [-0.3, -0.25) is 4.79 Å². The molecule has 6 heteroatoms. The fourth-order valence-corrected chi connectivity index (χ4v) is 2.04. The molecule has 1 aromatic rings. The molecule has 106 valence electrons. The summed E-state index contributed by atoms with van der Waals surface area (Å²) in [5, 5.41) is 2.72. The smallest absolute Gasteiger partial charge is 0.250 e. The molecule has 0 bridgehead atoms. The standard InChI is InChI=1S/C13H19BrN2O3/c1-3-18-4-5-19-8-12(17)16-11-7-10(14)6-9(2)13(11)15/h6-7H,3-5,8,15H2,1-2H3,(H,16,17). The van der Waals surface area contributed by atoms with Gasteiger partial charge in [0.05, 0.1) is 24.6 Å². The second kappa shape index (κ2) is 8.14. The Bertz CT molecular complexity index is 438. The van der Waals surface area contributed by atoms with Gasteiger partial charge in [0.25, 0.3) is 0 Å². The van der Waals surface area contributed by atoms with E-state index in [0.29, 0.717) is 31.2 Å². The second-order valence-electron chi connectivity index (χ2n) is 3.98. The maximum absolute atomic E-state index is 11.7. The molecule has 0 aromatic heterocycles. The number of rotatable bonds is 7. The van der Waals surface area contributed by atoms with Crippen molar-refractivity contribution in [1.82, 2.24) is 0 Å². The zero-order valence-corrected chi connectivity index (χ0v) is 12.7. The van der Waals surface area contributed by atoms with Gasteiger partial charge in [-0.2, -0.15) is 0 Å². The van der Waals surface area contributed by atoms with Crippen LogP contribution in [0.5, 0.6) is 0 Å². The Hall–Kier alpha value is -1.11. The quantitative estimate of drug-likeness (QED) is 0.594. The Balaban J connectivity index is 2.44. The molecule has 0 spiro atoms. The Morgan fingerprint density at radius 3 is 2.74 bits per heavy atom. The molecule has 0 saturated carbocycles. The summed E-state index contributed by atoms with van der Waals surface area (Å²) in [5.41, 5.74) is 7.95. The van der Waals surface area contributed by atoms with Crippen molar-refractivity contribution in [3.63, 3.8) is 0 Å². The molecule has 19 heavy (non-hydrogen) atoms. The molecule has 0 radical (unpaired) electrons. The molecule has 0 atom stereocenters. The number of ether oxygens (including phenoxy) is 2. The van der Waals surface area contributed by atoms with Crippen LogP contribution >= 0.6 is 15.9 Å². The predicted molar refractivity (Wildman–Crippen MR) is 79.2 cm³/mol. The van der Waals surface area contributed by atoms with Crippen LogP contribution in [0.1, 0.15) is 12.5 Å². The predicted octanol–water partition coefficient (Wildman–Crippen LogP) is 2.33. The van der Waals surface area contributed by atoms with Crippen molar-refractivity contribution in [1.29, 1.82) is 0 Å². The van der Waals surface area contributed by atoms with Crippen molar-refractivity contribution < 1.29 is 14.3 Å². The molecule has 0 saturated heterocycles. The number of carbonyl (C=O) groups is 1. The van der Waals surface area contributed by atoms with Crippen LogP contribution in [-0.2, 0) is 14.3 Å². The number of nitrogens with one attached hydrogen (secondary N) is 1. The van der Waals surface area contributed by atoms with E-state index in [2.05, 4.69) is 21.2 Å². The number of nitrogen functional groups attached to an aromatic ring is 1. The summed E-state index contributed by atoms with van der Waals surface area (Å²) in [6, 6.07) is 3.66. The Morgan fingerprint density at radius 2 is 2.05 bits per heavy atom. The molecular weight excluding hydrogens is 312 g/mol. The number of benzene rings is 1. The third-order valence-electron chi connectivity index (χ3n) is 2.44. The number of nitrogens with two attached hydrogens (primary N) is 1. The number of hydrogen-bond donors (Lipinski definition) is 2. The third-order valence-corrected chi connectivity index (χ3v) is 2.89. The first-order valence-corrected chi connectivity index (χ1v) is 6.84. The fraction of sp³-hybridized carbons (Fsp3) is 0.462. The van der Waals surface area contributed by atoms with E-state index in [0.717, 1.165) is 10.0 Å². The van der Waals surface area contributed by atoms with Crippen molar-refractivity contribution >= 4 is 33.2 Å². The summed E-state index contributed by atoms with van der Waals surface area (Å²) in [4.78, 5) is 11.7. The average Bonchev–Trinajstić information content (AvgIpc) is 2.35. The summed E-state index contributed by atoms with van der Waals surface area (Å²) < 4.78 is 11.1. The highest BCUT2D eigenvalue weighted by Crippen LogP contribution is 2.27. The van der Waals surface area contributed by atoms with Crippen molar-refractivity contribution in [2.24, 2.45) is 0 Å². The van der Waals surface area contributed by atoms with Crippen LogP contribution in [0.25, 0.3) is 0 Å². The summed E-state index contributed by atoms with van der Waals surface area (Å²) >= 11 is 3.36. The highest BCUT2D eigenvalue weighted by atomic mass is 79.9. The second-order valence-corrected chi connectivity index (χ2v) is 4.90. The zero-order chi connectivity index (χ0) is 14.3. The molecule has 5 nitrogen and oxygen atoms in total. The van der Waals surface area contributed by atoms with Crippen LogP contribution in [0.15, 0.2) is 16.6 Å². The maximum Gasteiger partial charge on any atom is 0.250 e. The van der Waals surface area contributed by atoms with E-state index < -0.39 is 0 Å². The van der Waals surface area contributed by atoms with Crippen molar-refractivity contribution in [3.8, 4) is 0 Å². The van der Waals surface area contributed by atoms with Gasteiger partial charge in [-0.1, -0.05) is 15.9 Å². The van der Waals surface area contributed by atoms with Gasteiger partial charge in [0.2, 0.25) is 5.91 Å². The highest BCUT2D eigenvalue weighted by molar-refractivity contribution is 9.10. The van der Waals surface area contributed by atoms with Crippen LogP contribution in [0.2, 0.25) is 0 Å². The maximum atomic E-state index is 11.7. The average molecular weight is 331 g/mol. The Labute approximate surface area is 121 Å². The molecule has 1 amide bonds. The summed E-state index contributed by atoms with van der Waals surface area (Å²) in [6.45, 7) is 5.30. The van der Waals surface area contributed by atoms with Gasteiger partial charge in [-0.15, -0.1) is 0 Å². The van der Waals surface area contributed by atoms with Gasteiger partial charge in [0.1, 0.15) is 6.61 Å². The lowest BCUT2D eigenvalue weighted by atomic mass is 10.2. The minimum atomic E-state index is -0.235. The minimum absolute atomic E-state index is 0.0158. The number of amides is 1. The van der Waals surface area contributed by atoms with E-state index in [-0.39, 0.29) is 12.5 Å². The van der Waals surface area contributed by atoms with Crippen LogP contribution in [-0.4, -0.2) is 32.3 Å². The molecule has 0 aliphatic carbocycles. The number of hydrogen-bond acceptors (Lipinski definition) is 4. The molecule has 1 rings (SSSR count). The lowest BCUT2D eigenvalue weighted by molar-refractivity contribution is -0.121. The molecule has 1 aromatic carbocycles. The van der Waals surface area contributed by atoms with Gasteiger partial charge in [0.15, 0.2) is 0 Å². The molecule has 0 aliphatic rings. The Morgan fingerprint density at radius 1 is 1.37 bits per heavy atom. The number of aryl methyl sites for hydroxylation is 1. The SMILES string of the molecule is CCOCCOCC(=O)Nc1cc(Br)cc(C)c1N. The van der Waals surface area contributed by atoms with Crippen molar-refractivity contribution in [2.45, 2.75) is 13.8 Å². The number of carbonyl (C=O) groups excluding carboxylic acids is 1. The minimum Gasteiger partial charge on any atom is -0.397 e. The van der Waals surface area contributed by atoms with Gasteiger partial charge < -0.3 is 20.5 Å². The molecule has 0 fully saturated rings. The van der Waals surface area contributed by atoms with Gasteiger partial charge in [0, 0.05) is 11.1 Å². The Kier molecular flexibility index (Phi) is 6.83. The fourth-order valence-electron chi connectivity index (χ4n) is 1.47. The van der Waals surface area contributed by atoms with E-state index in [1.165, 1.54) is 0 Å². The number of halogens is 1. The largest absolute Gasteiger partial charge is 0.397 e. The van der Waals surface area contributed by atoms with E-state index >= 15 is 0 Å². The third kappa shape index (κ3) is 5.59. The molecular formula is C13H19BrN2O3. The van der Waals surface area contributed by atoms with Crippen LogP contribution in [0.4, 0.5) is 11.4 Å². The van der Waals surface area contributed by atoms with Crippen LogP contribution in [0.3, 0.4) is 0 Å². The summed E-state index contributed by atoms with van der Waals surface area (Å²) in [7, 11) is 0. The van der Waals surface area contributed by atoms with Crippen LogP contribution < -0.4 is 11.1 Å². The zero-order valence-electron chi connectivity index (χ0n) is 11.2. The number of anilines is 2. The van der Waals surface area contributed by atoms with Crippen LogP contribution in [0, 0.1) is 6.92 Å². The van der Waals surface area contributed by atoms with E-state index in [1.807, 2.05) is 19.9 Å². The first-order chi connectivity index (χ1) is 9.04. The van der Waals surface area contributed by atoms with Gasteiger partial charge >= 0.3 is 0 Å².